The van der Waals surface area contributed by atoms with Crippen molar-refractivity contribution in [3.8, 4) is 0 Å². The van der Waals surface area contributed by atoms with Crippen LogP contribution in [0.1, 0.15) is 0 Å². The number of allylic oxidation sites excluding steroid dienone is 3. The fraction of sp³-hybridized carbons (Fsp3) is 0.562. The molecule has 0 spiro atoms. The van der Waals surface area contributed by atoms with E-state index in [0.717, 1.165) is 6.08 Å². The Morgan fingerprint density at radius 1 is 1.32 bits per heavy atom. The lowest BCUT2D eigenvalue weighted by Crippen LogP contribution is -2.67. The Morgan fingerprint density at radius 3 is 2.56 bits per heavy atom. The molecule has 1 aliphatic carbocycles. The van der Waals surface area contributed by atoms with Crippen LogP contribution >= 0.6 is 0 Å². The van der Waals surface area contributed by atoms with Crippen molar-refractivity contribution in [2.75, 3.05) is 13.7 Å². The van der Waals surface area contributed by atoms with E-state index in [1.165, 1.54) is 31.4 Å². The lowest BCUT2D eigenvalue weighted by Gasteiger charge is -2.48. The Labute approximate surface area is 143 Å². The maximum Gasteiger partial charge on any atom is 0.328 e. The van der Waals surface area contributed by atoms with E-state index in [4.69, 9.17) is 14.6 Å². The van der Waals surface area contributed by atoms with Gasteiger partial charge in [0.25, 0.3) is 0 Å². The van der Waals surface area contributed by atoms with Crippen molar-refractivity contribution in [3.63, 3.8) is 0 Å². The minimum Gasteiger partial charge on any atom is -0.478 e. The topological polar surface area (TPSA) is 157 Å². The van der Waals surface area contributed by atoms with Crippen LogP contribution in [0.15, 0.2) is 36.0 Å². The van der Waals surface area contributed by atoms with Gasteiger partial charge < -0.3 is 40.1 Å². The predicted octanol–water partition coefficient (Wildman–Crippen LogP) is -2.29. The molecule has 2 unspecified atom stereocenters. The number of hydrogen-bond acceptors (Lipinski definition) is 8. The third kappa shape index (κ3) is 3.82. The molecule has 1 aliphatic heterocycles. The van der Waals surface area contributed by atoms with Crippen molar-refractivity contribution in [2.24, 2.45) is 0 Å². The van der Waals surface area contributed by atoms with Crippen molar-refractivity contribution in [2.45, 2.75) is 42.2 Å². The first-order valence-electron chi connectivity index (χ1n) is 7.62. The first kappa shape index (κ1) is 19.7. The summed E-state index contributed by atoms with van der Waals surface area (Å²) < 4.78 is 10.6. The van der Waals surface area contributed by atoms with Gasteiger partial charge in [-0.3, -0.25) is 0 Å². The van der Waals surface area contributed by atoms with Gasteiger partial charge in [0.2, 0.25) is 0 Å². The molecule has 0 amide bonds. The van der Waals surface area contributed by atoms with Gasteiger partial charge in [0.15, 0.2) is 0 Å². The van der Waals surface area contributed by atoms with E-state index in [1.807, 2.05) is 0 Å². The Kier molecular flexibility index (Phi) is 6.12. The summed E-state index contributed by atoms with van der Waals surface area (Å²) in [5.41, 5.74) is -1.47. The summed E-state index contributed by atoms with van der Waals surface area (Å²) in [5.74, 6) is -1.14. The van der Waals surface area contributed by atoms with E-state index < -0.39 is 54.8 Å². The molecule has 2 rings (SSSR count). The average Bonchev–Trinajstić information content (AvgIpc) is 2.59. The molecule has 6 N–H and O–H groups in total. The van der Waals surface area contributed by atoms with E-state index in [9.17, 15) is 30.3 Å². The van der Waals surface area contributed by atoms with E-state index in [0.29, 0.717) is 5.57 Å². The second-order valence-electron chi connectivity index (χ2n) is 5.96. The van der Waals surface area contributed by atoms with E-state index >= 15 is 0 Å². The second kappa shape index (κ2) is 7.75. The molecule has 9 nitrogen and oxygen atoms in total. The van der Waals surface area contributed by atoms with Crippen molar-refractivity contribution in [3.05, 3.63) is 36.0 Å². The maximum atomic E-state index is 11.0. The molecule has 0 saturated carbocycles. The van der Waals surface area contributed by atoms with E-state index in [2.05, 4.69) is 0 Å². The monoisotopic (exact) mass is 358 g/mol. The lowest BCUT2D eigenvalue weighted by atomic mass is 9.78. The summed E-state index contributed by atoms with van der Waals surface area (Å²) in [4.78, 5) is 10.6. The molecule has 0 bridgehead atoms. The van der Waals surface area contributed by atoms with Gasteiger partial charge in [-0.25, -0.2) is 4.79 Å². The molecular formula is C16H22O9. The van der Waals surface area contributed by atoms with Crippen LogP contribution in [0.5, 0.6) is 0 Å². The first-order valence-corrected chi connectivity index (χ1v) is 7.62. The van der Waals surface area contributed by atoms with Crippen LogP contribution in [0.3, 0.4) is 0 Å². The van der Waals surface area contributed by atoms with Gasteiger partial charge in [-0.2, -0.15) is 0 Å². The first-order chi connectivity index (χ1) is 11.7. The molecule has 1 fully saturated rings. The highest BCUT2D eigenvalue weighted by molar-refractivity contribution is 5.80. The lowest BCUT2D eigenvalue weighted by molar-refractivity contribution is -0.272. The van der Waals surface area contributed by atoms with Crippen LogP contribution in [0, 0.1) is 0 Å². The number of ether oxygens (including phenoxy) is 2. The molecule has 2 aliphatic rings. The Bertz CT molecular complexity index is 582. The van der Waals surface area contributed by atoms with Crippen LogP contribution in [-0.2, 0) is 14.3 Å². The number of aliphatic carboxylic acids is 1. The van der Waals surface area contributed by atoms with Crippen LogP contribution in [0.25, 0.3) is 0 Å². The van der Waals surface area contributed by atoms with Gasteiger partial charge in [0.1, 0.15) is 42.2 Å². The maximum absolute atomic E-state index is 11.0. The normalized spacial score (nSPS) is 41.8. The minimum absolute atomic E-state index is 0.448. The van der Waals surface area contributed by atoms with Crippen molar-refractivity contribution >= 4 is 5.97 Å². The molecule has 0 aromatic carbocycles. The zero-order chi connectivity index (χ0) is 18.8. The quantitative estimate of drug-likeness (QED) is 0.298. The van der Waals surface area contributed by atoms with Crippen LogP contribution in [-0.4, -0.2) is 92.5 Å². The van der Waals surface area contributed by atoms with Gasteiger partial charge in [-0.15, -0.1) is 0 Å². The number of rotatable bonds is 5. The average molecular weight is 358 g/mol. The summed E-state index contributed by atoms with van der Waals surface area (Å²) in [7, 11) is 1.30. The molecule has 0 aromatic heterocycles. The van der Waals surface area contributed by atoms with Gasteiger partial charge >= 0.3 is 5.97 Å². The minimum atomic E-state index is -1.91. The number of methoxy groups -OCH3 is 1. The van der Waals surface area contributed by atoms with Gasteiger partial charge in [-0.1, -0.05) is 6.08 Å². The Hall–Kier alpha value is -1.59. The Balaban J connectivity index is 2.30. The molecule has 0 aromatic rings. The molecule has 7 atom stereocenters. The molecule has 1 saturated heterocycles. The standard InChI is InChI=1S/C16H22O9/c1-24-10-6-8(2-3-11(18)19)4-5-16(10,23)15-14(22)13(21)12(20)9(7-17)25-15/h2-6,9-10,12-15,17,20-23H,7H2,1H3,(H,18,19)/b3-2+/t9-,10?,12-,13+,14-,15-,16?/m1/s1. The molecule has 0 radical (unpaired) electrons. The van der Waals surface area contributed by atoms with E-state index in [1.54, 1.807) is 0 Å². The fourth-order valence-corrected chi connectivity index (χ4v) is 2.96. The zero-order valence-corrected chi connectivity index (χ0v) is 13.5. The van der Waals surface area contributed by atoms with Crippen molar-refractivity contribution in [1.82, 2.24) is 0 Å². The summed E-state index contributed by atoms with van der Waals surface area (Å²) in [6, 6.07) is 0. The van der Waals surface area contributed by atoms with Crippen molar-refractivity contribution in [1.29, 1.82) is 0 Å². The van der Waals surface area contributed by atoms with Gasteiger partial charge in [0.05, 0.1) is 6.61 Å². The molecule has 140 valence electrons. The van der Waals surface area contributed by atoms with Crippen LogP contribution in [0.2, 0.25) is 0 Å². The number of carboxylic acid groups (broad SMARTS) is 1. The van der Waals surface area contributed by atoms with Gasteiger partial charge in [0, 0.05) is 13.2 Å². The highest BCUT2D eigenvalue weighted by Crippen LogP contribution is 2.35. The molecule has 9 heteroatoms. The molecule has 25 heavy (non-hydrogen) atoms. The number of aliphatic hydroxyl groups excluding tert-OH is 4. The number of carboxylic acids is 1. The third-order valence-electron chi connectivity index (χ3n) is 4.36. The SMILES string of the molecule is COC1C=C(/C=C/C(=O)O)C=CC1(O)[C@@H]1O[C@H](CO)[C@@H](O)[C@H](O)[C@H]1O. The second-order valence-corrected chi connectivity index (χ2v) is 5.96. The Morgan fingerprint density at radius 2 is 2.00 bits per heavy atom. The molecule has 1 heterocycles. The van der Waals surface area contributed by atoms with Crippen LogP contribution in [0.4, 0.5) is 0 Å². The summed E-state index contributed by atoms with van der Waals surface area (Å²) in [6.07, 6.45) is -2.10. The fourth-order valence-electron chi connectivity index (χ4n) is 2.96. The van der Waals surface area contributed by atoms with Crippen molar-refractivity contribution < 1.29 is 44.9 Å². The summed E-state index contributed by atoms with van der Waals surface area (Å²) in [6.45, 7) is -0.624. The van der Waals surface area contributed by atoms with E-state index in [-0.39, 0.29) is 0 Å². The van der Waals surface area contributed by atoms with Crippen LogP contribution < -0.4 is 0 Å². The summed E-state index contributed by atoms with van der Waals surface area (Å²) in [5, 5.41) is 58.9. The summed E-state index contributed by atoms with van der Waals surface area (Å²) >= 11 is 0. The number of carbonyl (C=O) groups is 1. The number of aliphatic hydroxyl groups is 5. The predicted molar refractivity (Wildman–Crippen MR) is 83.5 cm³/mol. The third-order valence-corrected chi connectivity index (χ3v) is 4.36. The molecular weight excluding hydrogens is 336 g/mol. The highest BCUT2D eigenvalue weighted by atomic mass is 16.6. The largest absolute Gasteiger partial charge is 0.478 e. The highest BCUT2D eigenvalue weighted by Gasteiger charge is 2.54. The smallest absolute Gasteiger partial charge is 0.328 e. The van der Waals surface area contributed by atoms with Gasteiger partial charge in [-0.05, 0) is 23.8 Å². The zero-order valence-electron chi connectivity index (χ0n) is 13.5. The number of hydrogen-bond donors (Lipinski definition) is 6.